The van der Waals surface area contributed by atoms with Gasteiger partial charge in [0, 0.05) is 31.5 Å². The van der Waals surface area contributed by atoms with Gasteiger partial charge in [0.1, 0.15) is 16.7 Å². The van der Waals surface area contributed by atoms with E-state index >= 15 is 0 Å². The first-order chi connectivity index (χ1) is 16.9. The Kier molecular flexibility index (Phi) is 7.89. The minimum absolute atomic E-state index is 0.0565. The van der Waals surface area contributed by atoms with E-state index in [0.717, 1.165) is 11.6 Å². The lowest BCUT2D eigenvalue weighted by molar-refractivity contribution is -0.111. The van der Waals surface area contributed by atoms with Crippen molar-refractivity contribution >= 4 is 40.6 Å². The molecule has 1 aliphatic heterocycles. The Balaban J connectivity index is 1.46. The van der Waals surface area contributed by atoms with Crippen molar-refractivity contribution in [3.63, 3.8) is 0 Å². The van der Waals surface area contributed by atoms with Gasteiger partial charge in [-0.2, -0.15) is 4.98 Å². The number of halogens is 3. The zero-order valence-corrected chi connectivity index (χ0v) is 19.5. The first-order valence-corrected chi connectivity index (χ1v) is 11.4. The average molecular weight is 500 g/mol. The normalized spacial score (nSPS) is 13.8. The van der Waals surface area contributed by atoms with Gasteiger partial charge in [0.15, 0.2) is 5.82 Å². The lowest BCUT2D eigenvalue weighted by atomic mass is 9.91. The molecule has 1 aromatic heterocycles. The molecule has 35 heavy (non-hydrogen) atoms. The number of carbonyl (C=O) groups excluding carboxylic acids is 1. The molecular weight excluding hydrogens is 476 g/mol. The molecule has 182 valence electrons. The molecule has 7 nitrogen and oxygen atoms in total. The molecule has 0 bridgehead atoms. The lowest BCUT2D eigenvalue weighted by Crippen LogP contribution is -2.15. The lowest BCUT2D eigenvalue weighted by Gasteiger charge is -2.23. The minimum Gasteiger partial charge on any atom is -0.381 e. The van der Waals surface area contributed by atoms with Crippen molar-refractivity contribution < 1.29 is 18.3 Å². The minimum atomic E-state index is -0.598. The predicted octanol–water partition coefficient (Wildman–Crippen LogP) is 5.78. The van der Waals surface area contributed by atoms with Crippen LogP contribution in [0.4, 0.5) is 31.9 Å². The van der Waals surface area contributed by atoms with Gasteiger partial charge in [0.2, 0.25) is 11.9 Å². The molecule has 1 aliphatic rings. The fourth-order valence-corrected chi connectivity index (χ4v) is 3.95. The molecule has 1 saturated heterocycles. The Morgan fingerprint density at radius 2 is 2.00 bits per heavy atom. The van der Waals surface area contributed by atoms with Crippen molar-refractivity contribution in [1.82, 2.24) is 9.97 Å². The second-order valence-electron chi connectivity index (χ2n) is 8.00. The third-order valence-electron chi connectivity index (χ3n) is 5.58. The molecule has 1 fully saturated rings. The fraction of sp³-hybridized carbons (Fsp3) is 0.240. The van der Waals surface area contributed by atoms with Gasteiger partial charge in [-0.25, -0.2) is 13.8 Å². The third kappa shape index (κ3) is 6.32. The number of nitrogens with zero attached hydrogens (tertiary/aromatic N) is 2. The number of rotatable bonds is 8. The molecule has 3 N–H and O–H groups in total. The van der Waals surface area contributed by atoms with Gasteiger partial charge in [-0.1, -0.05) is 30.3 Å². The Morgan fingerprint density at radius 3 is 2.77 bits per heavy atom. The molecule has 0 saturated carbocycles. The zero-order chi connectivity index (χ0) is 24.8. The van der Waals surface area contributed by atoms with E-state index in [9.17, 15) is 13.6 Å². The Hall–Kier alpha value is -3.56. The Morgan fingerprint density at radius 1 is 1.20 bits per heavy atom. The van der Waals surface area contributed by atoms with Gasteiger partial charge >= 0.3 is 0 Å². The summed E-state index contributed by atoms with van der Waals surface area (Å²) in [6.07, 6.45) is 3.86. The smallest absolute Gasteiger partial charge is 0.247 e. The molecule has 0 atom stereocenters. The van der Waals surface area contributed by atoms with Crippen LogP contribution < -0.4 is 16.0 Å². The molecule has 0 spiro atoms. The monoisotopic (exact) mass is 499 g/mol. The summed E-state index contributed by atoms with van der Waals surface area (Å²) >= 11 is 6.22. The first-order valence-electron chi connectivity index (χ1n) is 11.1. The molecule has 4 rings (SSSR count). The standard InChI is InChI=1S/C25H24ClF2N5O2/c1-2-23(34)31-17-5-3-4-15(10-17)13-29-24-19(26)14-30-25(33-24)32-22-12-20(27)18(11-21(22)28)16-6-8-35-9-7-16/h2-5,10-12,14,16H,1,6-9,13H2,(H,31,34)(H2,29,30,32,33). The van der Waals surface area contributed by atoms with Crippen molar-refractivity contribution in [1.29, 1.82) is 0 Å². The van der Waals surface area contributed by atoms with E-state index < -0.39 is 11.6 Å². The number of hydrogen-bond acceptors (Lipinski definition) is 6. The highest BCUT2D eigenvalue weighted by molar-refractivity contribution is 6.32. The van der Waals surface area contributed by atoms with E-state index in [0.29, 0.717) is 49.7 Å². The topological polar surface area (TPSA) is 88.2 Å². The maximum atomic E-state index is 14.8. The van der Waals surface area contributed by atoms with Crippen molar-refractivity contribution in [2.75, 3.05) is 29.2 Å². The zero-order valence-electron chi connectivity index (χ0n) is 18.8. The molecule has 10 heteroatoms. The molecular formula is C25H24ClF2N5O2. The maximum Gasteiger partial charge on any atom is 0.247 e. The van der Waals surface area contributed by atoms with Crippen LogP contribution in [0.3, 0.4) is 0 Å². The number of nitrogens with one attached hydrogen (secondary N) is 3. The van der Waals surface area contributed by atoms with Crippen LogP contribution in [0.15, 0.2) is 55.3 Å². The van der Waals surface area contributed by atoms with Crippen molar-refractivity contribution in [3.05, 3.63) is 83.0 Å². The SMILES string of the molecule is C=CC(=O)Nc1cccc(CNc2nc(Nc3cc(F)c(C4CCOCC4)cc3F)ncc2Cl)c1. The summed E-state index contributed by atoms with van der Waals surface area (Å²) in [4.78, 5) is 19.9. The van der Waals surface area contributed by atoms with E-state index in [-0.39, 0.29) is 28.5 Å². The van der Waals surface area contributed by atoms with E-state index in [1.165, 1.54) is 18.3 Å². The summed E-state index contributed by atoms with van der Waals surface area (Å²) in [5.74, 6) is -1.10. The average Bonchev–Trinajstić information content (AvgIpc) is 2.87. The summed E-state index contributed by atoms with van der Waals surface area (Å²) in [6.45, 7) is 4.85. The quantitative estimate of drug-likeness (QED) is 0.340. The number of carbonyl (C=O) groups is 1. The van der Waals surface area contributed by atoms with Crippen LogP contribution in [0.25, 0.3) is 0 Å². The number of hydrogen-bond donors (Lipinski definition) is 3. The predicted molar refractivity (Wildman–Crippen MR) is 132 cm³/mol. The molecule has 3 aromatic rings. The number of amides is 1. The van der Waals surface area contributed by atoms with Crippen LogP contribution in [0.2, 0.25) is 5.02 Å². The van der Waals surface area contributed by atoms with Crippen LogP contribution >= 0.6 is 11.6 Å². The second-order valence-corrected chi connectivity index (χ2v) is 8.41. The van der Waals surface area contributed by atoms with E-state index in [4.69, 9.17) is 16.3 Å². The van der Waals surface area contributed by atoms with Crippen molar-refractivity contribution in [2.45, 2.75) is 25.3 Å². The van der Waals surface area contributed by atoms with Crippen LogP contribution in [0.1, 0.15) is 29.9 Å². The van der Waals surface area contributed by atoms with E-state index in [2.05, 4.69) is 32.5 Å². The number of ether oxygens (including phenoxy) is 1. The second kappa shape index (κ2) is 11.2. The molecule has 2 heterocycles. The molecule has 0 unspecified atom stereocenters. The van der Waals surface area contributed by atoms with Crippen LogP contribution in [-0.2, 0) is 16.1 Å². The van der Waals surface area contributed by atoms with E-state index in [1.807, 2.05) is 6.07 Å². The van der Waals surface area contributed by atoms with Gasteiger partial charge in [0.05, 0.1) is 11.9 Å². The summed E-state index contributed by atoms with van der Waals surface area (Å²) in [5.41, 5.74) is 1.75. The van der Waals surface area contributed by atoms with Gasteiger partial charge < -0.3 is 20.7 Å². The summed E-state index contributed by atoms with van der Waals surface area (Å²) in [7, 11) is 0. The Labute approximate surface area is 206 Å². The summed E-state index contributed by atoms with van der Waals surface area (Å²) in [5, 5.41) is 8.77. The van der Waals surface area contributed by atoms with Gasteiger partial charge in [-0.05, 0) is 54.2 Å². The molecule has 2 aromatic carbocycles. The van der Waals surface area contributed by atoms with E-state index in [1.54, 1.807) is 18.2 Å². The highest BCUT2D eigenvalue weighted by Gasteiger charge is 2.21. The van der Waals surface area contributed by atoms with Crippen molar-refractivity contribution in [3.8, 4) is 0 Å². The van der Waals surface area contributed by atoms with Crippen LogP contribution in [0, 0.1) is 11.6 Å². The van der Waals surface area contributed by atoms with Gasteiger partial charge in [0.25, 0.3) is 0 Å². The molecule has 0 radical (unpaired) electrons. The molecule has 0 aliphatic carbocycles. The van der Waals surface area contributed by atoms with Crippen LogP contribution in [0.5, 0.6) is 0 Å². The summed E-state index contributed by atoms with van der Waals surface area (Å²) in [6, 6.07) is 9.55. The number of aromatic nitrogens is 2. The van der Waals surface area contributed by atoms with Crippen LogP contribution in [-0.4, -0.2) is 29.1 Å². The fourth-order valence-electron chi connectivity index (χ4n) is 3.79. The largest absolute Gasteiger partial charge is 0.381 e. The number of anilines is 4. The summed E-state index contributed by atoms with van der Waals surface area (Å²) < 4.78 is 34.8. The van der Waals surface area contributed by atoms with Crippen molar-refractivity contribution in [2.24, 2.45) is 0 Å². The highest BCUT2D eigenvalue weighted by Crippen LogP contribution is 2.32. The Bertz CT molecular complexity index is 1230. The van der Waals surface area contributed by atoms with Gasteiger partial charge in [-0.3, -0.25) is 4.79 Å². The highest BCUT2D eigenvalue weighted by atomic mass is 35.5. The number of benzene rings is 2. The maximum absolute atomic E-state index is 14.8. The molecule has 1 amide bonds. The van der Waals surface area contributed by atoms with Gasteiger partial charge in [-0.15, -0.1) is 0 Å². The first kappa shape index (κ1) is 24.6. The third-order valence-corrected chi connectivity index (χ3v) is 5.85.